The van der Waals surface area contributed by atoms with E-state index in [4.69, 9.17) is 0 Å². The van der Waals surface area contributed by atoms with Crippen molar-refractivity contribution in [3.63, 3.8) is 0 Å². The number of hydrogen-bond acceptors (Lipinski definition) is 2. The van der Waals surface area contributed by atoms with Crippen molar-refractivity contribution < 1.29 is 4.79 Å². The molecule has 20 heavy (non-hydrogen) atoms. The molecular formula is C18H36OS. The van der Waals surface area contributed by atoms with Crippen LogP contribution in [0, 0.1) is 0 Å². The summed E-state index contributed by atoms with van der Waals surface area (Å²) in [7, 11) is 0. The molecule has 0 heterocycles. The average Bonchev–Trinajstić information content (AvgIpc) is 2.38. The van der Waals surface area contributed by atoms with Gasteiger partial charge in [0.2, 0.25) is 0 Å². The lowest BCUT2D eigenvalue weighted by molar-refractivity contribution is -0.116. The van der Waals surface area contributed by atoms with Crippen LogP contribution in [0.15, 0.2) is 0 Å². The van der Waals surface area contributed by atoms with Crippen LogP contribution in [0.1, 0.15) is 98.3 Å². The number of hydrogen-bond donors (Lipinski definition) is 0. The van der Waals surface area contributed by atoms with Gasteiger partial charge in [-0.1, -0.05) is 85.5 Å². The van der Waals surface area contributed by atoms with Gasteiger partial charge in [-0.15, -0.1) is 11.8 Å². The number of ketones is 1. The van der Waals surface area contributed by atoms with Crippen LogP contribution in [-0.4, -0.2) is 16.3 Å². The third kappa shape index (κ3) is 16.1. The van der Waals surface area contributed by atoms with Gasteiger partial charge in [0.1, 0.15) is 5.78 Å². The minimum absolute atomic E-state index is 0.216. The molecule has 0 unspecified atom stereocenters. The summed E-state index contributed by atoms with van der Waals surface area (Å²) in [6.07, 6.45) is 14.1. The molecule has 2 heteroatoms. The van der Waals surface area contributed by atoms with Crippen LogP contribution in [0.4, 0.5) is 0 Å². The van der Waals surface area contributed by atoms with E-state index in [9.17, 15) is 4.79 Å². The summed E-state index contributed by atoms with van der Waals surface area (Å²) in [6, 6.07) is 0. The molecule has 0 saturated heterocycles. The third-order valence-electron chi connectivity index (χ3n) is 3.48. The molecule has 1 nitrogen and oxygen atoms in total. The van der Waals surface area contributed by atoms with E-state index in [0.29, 0.717) is 11.5 Å². The van der Waals surface area contributed by atoms with Gasteiger partial charge in [-0.3, -0.25) is 4.79 Å². The van der Waals surface area contributed by atoms with E-state index in [2.05, 4.69) is 27.7 Å². The predicted molar refractivity (Wildman–Crippen MR) is 93.7 cm³/mol. The molecule has 0 aliphatic rings. The van der Waals surface area contributed by atoms with Crippen LogP contribution in [0.5, 0.6) is 0 Å². The Morgan fingerprint density at radius 2 is 1.25 bits per heavy atom. The predicted octanol–water partition coefficient (Wildman–Crippen LogP) is 6.40. The molecule has 0 aromatic heterocycles. The fourth-order valence-corrected chi connectivity index (χ4v) is 2.92. The fraction of sp³-hybridized carbons (Fsp3) is 0.944. The highest BCUT2D eigenvalue weighted by molar-refractivity contribution is 8.01. The van der Waals surface area contributed by atoms with Crippen LogP contribution in [-0.2, 0) is 4.79 Å². The van der Waals surface area contributed by atoms with Gasteiger partial charge in [0.05, 0.1) is 5.75 Å². The van der Waals surface area contributed by atoms with Crippen molar-refractivity contribution in [1.82, 2.24) is 0 Å². The molecule has 0 amide bonds. The summed E-state index contributed by atoms with van der Waals surface area (Å²) in [5.74, 6) is 1.13. The van der Waals surface area contributed by atoms with E-state index < -0.39 is 0 Å². The van der Waals surface area contributed by atoms with Gasteiger partial charge in [0.25, 0.3) is 0 Å². The zero-order valence-corrected chi connectivity index (χ0v) is 15.1. The summed E-state index contributed by atoms with van der Waals surface area (Å²) < 4.78 is 0.216. The first-order chi connectivity index (χ1) is 9.45. The van der Waals surface area contributed by atoms with Crippen LogP contribution in [0.25, 0.3) is 0 Å². The Morgan fingerprint density at radius 1 is 0.800 bits per heavy atom. The van der Waals surface area contributed by atoms with Gasteiger partial charge in [0, 0.05) is 11.2 Å². The maximum absolute atomic E-state index is 11.7. The lowest BCUT2D eigenvalue weighted by Gasteiger charge is -2.16. The van der Waals surface area contributed by atoms with Crippen molar-refractivity contribution in [3.05, 3.63) is 0 Å². The van der Waals surface area contributed by atoms with E-state index >= 15 is 0 Å². The third-order valence-corrected chi connectivity index (χ3v) is 4.81. The van der Waals surface area contributed by atoms with E-state index in [1.54, 1.807) is 11.8 Å². The van der Waals surface area contributed by atoms with Crippen LogP contribution < -0.4 is 0 Å². The maximum atomic E-state index is 11.7. The fourth-order valence-electron chi connectivity index (χ4n) is 2.18. The summed E-state index contributed by atoms with van der Waals surface area (Å²) in [4.78, 5) is 11.7. The largest absolute Gasteiger partial charge is 0.299 e. The van der Waals surface area contributed by atoms with E-state index in [1.165, 1.54) is 57.8 Å². The monoisotopic (exact) mass is 300 g/mol. The van der Waals surface area contributed by atoms with E-state index in [-0.39, 0.29) is 4.75 Å². The van der Waals surface area contributed by atoms with Gasteiger partial charge in [0.15, 0.2) is 0 Å². The second kappa shape index (κ2) is 12.7. The first-order valence-corrected chi connectivity index (χ1v) is 9.60. The highest BCUT2D eigenvalue weighted by Crippen LogP contribution is 2.23. The van der Waals surface area contributed by atoms with Crippen LogP contribution in [0.2, 0.25) is 0 Å². The van der Waals surface area contributed by atoms with Crippen molar-refractivity contribution >= 4 is 17.5 Å². The second-order valence-corrected chi connectivity index (χ2v) is 8.67. The zero-order valence-electron chi connectivity index (χ0n) is 14.3. The molecular weight excluding hydrogens is 264 g/mol. The lowest BCUT2D eigenvalue weighted by Crippen LogP contribution is -2.12. The molecule has 0 aliphatic carbocycles. The molecule has 0 N–H and O–H groups in total. The summed E-state index contributed by atoms with van der Waals surface area (Å²) in [5, 5.41) is 0. The Labute approximate surface area is 131 Å². The van der Waals surface area contributed by atoms with E-state index in [0.717, 1.165) is 12.8 Å². The Hall–Kier alpha value is 0.0200. The Bertz CT molecular complexity index is 230. The summed E-state index contributed by atoms with van der Waals surface area (Å²) in [6.45, 7) is 8.78. The van der Waals surface area contributed by atoms with E-state index in [1.807, 2.05) is 0 Å². The summed E-state index contributed by atoms with van der Waals surface area (Å²) >= 11 is 1.77. The molecule has 0 spiro atoms. The Balaban J connectivity index is 3.21. The molecule has 0 aromatic rings. The SMILES string of the molecule is CCCCCCCCCCCCC(=O)CSC(C)(C)C. The quantitative estimate of drug-likeness (QED) is 0.366. The first-order valence-electron chi connectivity index (χ1n) is 8.61. The van der Waals surface area contributed by atoms with Gasteiger partial charge in [-0.05, 0) is 6.42 Å². The minimum atomic E-state index is 0.216. The van der Waals surface area contributed by atoms with Crippen LogP contribution in [0.3, 0.4) is 0 Å². The topological polar surface area (TPSA) is 17.1 Å². The highest BCUT2D eigenvalue weighted by Gasteiger charge is 2.12. The van der Waals surface area contributed by atoms with Gasteiger partial charge in [-0.25, -0.2) is 0 Å². The molecule has 0 saturated carbocycles. The Kier molecular flexibility index (Phi) is 12.8. The molecule has 0 fully saturated rings. The standard InChI is InChI=1S/C18H36OS/c1-5-6-7-8-9-10-11-12-13-14-15-17(19)16-20-18(2,3)4/h5-16H2,1-4H3. The highest BCUT2D eigenvalue weighted by atomic mass is 32.2. The molecule has 0 rings (SSSR count). The average molecular weight is 301 g/mol. The molecule has 0 radical (unpaired) electrons. The first kappa shape index (κ1) is 20.0. The van der Waals surface area contributed by atoms with Crippen molar-refractivity contribution in [2.75, 3.05) is 5.75 Å². The van der Waals surface area contributed by atoms with Gasteiger partial charge >= 0.3 is 0 Å². The molecule has 120 valence electrons. The van der Waals surface area contributed by atoms with Crippen molar-refractivity contribution in [2.24, 2.45) is 0 Å². The normalized spacial score (nSPS) is 11.8. The number of carbonyl (C=O) groups excluding carboxylic acids is 1. The lowest BCUT2D eigenvalue weighted by atomic mass is 10.1. The van der Waals surface area contributed by atoms with Crippen LogP contribution >= 0.6 is 11.8 Å². The second-order valence-electron chi connectivity index (χ2n) is 6.87. The van der Waals surface area contributed by atoms with Gasteiger partial charge in [-0.2, -0.15) is 0 Å². The molecule has 0 bridgehead atoms. The number of rotatable bonds is 13. The molecule has 0 aromatic carbocycles. The smallest absolute Gasteiger partial charge is 0.142 e. The minimum Gasteiger partial charge on any atom is -0.299 e. The molecule has 0 atom stereocenters. The molecule has 0 aliphatic heterocycles. The van der Waals surface area contributed by atoms with Crippen molar-refractivity contribution in [1.29, 1.82) is 0 Å². The Morgan fingerprint density at radius 3 is 1.70 bits per heavy atom. The number of Topliss-reactive ketones (excluding diaryl/α,β-unsaturated/α-hetero) is 1. The maximum Gasteiger partial charge on any atom is 0.142 e. The van der Waals surface area contributed by atoms with Crippen molar-refractivity contribution in [2.45, 2.75) is 103 Å². The van der Waals surface area contributed by atoms with Gasteiger partial charge < -0.3 is 0 Å². The summed E-state index contributed by atoms with van der Waals surface area (Å²) in [5.41, 5.74) is 0. The number of carbonyl (C=O) groups is 1. The zero-order chi connectivity index (χ0) is 15.3. The van der Waals surface area contributed by atoms with Crippen molar-refractivity contribution in [3.8, 4) is 0 Å². The number of unbranched alkanes of at least 4 members (excludes halogenated alkanes) is 9. The number of thioether (sulfide) groups is 1.